The van der Waals surface area contributed by atoms with E-state index in [1.54, 1.807) is 31.2 Å². The third kappa shape index (κ3) is 2.84. The second-order valence-electron chi connectivity index (χ2n) is 4.13. The minimum Gasteiger partial charge on any atom is -0.453 e. The smallest absolute Gasteiger partial charge is 0.165 e. The van der Waals surface area contributed by atoms with E-state index in [1.165, 1.54) is 12.3 Å². The summed E-state index contributed by atoms with van der Waals surface area (Å²) in [5.41, 5.74) is 1.46. The van der Waals surface area contributed by atoms with Gasteiger partial charge in [0.25, 0.3) is 0 Å². The molecule has 0 aliphatic carbocycles. The van der Waals surface area contributed by atoms with E-state index in [-0.39, 0.29) is 5.75 Å². The Labute approximate surface area is 105 Å². The largest absolute Gasteiger partial charge is 0.453 e. The quantitative estimate of drug-likeness (QED) is 0.904. The zero-order valence-electron chi connectivity index (χ0n) is 10.2. The van der Waals surface area contributed by atoms with Gasteiger partial charge < -0.3 is 9.84 Å². The lowest BCUT2D eigenvalue weighted by atomic mass is 10.2. The van der Waals surface area contributed by atoms with Crippen molar-refractivity contribution in [2.24, 2.45) is 0 Å². The first-order valence-corrected chi connectivity index (χ1v) is 5.64. The summed E-state index contributed by atoms with van der Waals surface area (Å²) >= 11 is 0. The van der Waals surface area contributed by atoms with Gasteiger partial charge in [0, 0.05) is 0 Å². The molecule has 0 aliphatic heterocycles. The van der Waals surface area contributed by atoms with Crippen molar-refractivity contribution in [3.63, 3.8) is 0 Å². The number of benzene rings is 1. The number of pyridine rings is 1. The van der Waals surface area contributed by atoms with Gasteiger partial charge in [0.2, 0.25) is 0 Å². The summed E-state index contributed by atoms with van der Waals surface area (Å²) in [7, 11) is 0. The van der Waals surface area contributed by atoms with Crippen LogP contribution >= 0.6 is 0 Å². The molecule has 0 saturated carbocycles. The van der Waals surface area contributed by atoms with E-state index in [0.29, 0.717) is 11.4 Å². The zero-order valence-corrected chi connectivity index (χ0v) is 10.2. The van der Waals surface area contributed by atoms with E-state index >= 15 is 0 Å². The molecular formula is C14H14FNO2. The summed E-state index contributed by atoms with van der Waals surface area (Å²) in [4.78, 5) is 4.03. The molecule has 1 atom stereocenters. The van der Waals surface area contributed by atoms with Crippen molar-refractivity contribution in [1.82, 2.24) is 4.98 Å². The highest BCUT2D eigenvalue weighted by Gasteiger charge is 2.06. The van der Waals surface area contributed by atoms with Crippen LogP contribution in [0.15, 0.2) is 36.5 Å². The van der Waals surface area contributed by atoms with Crippen LogP contribution in [-0.4, -0.2) is 10.1 Å². The number of aromatic nitrogens is 1. The molecule has 4 heteroatoms. The van der Waals surface area contributed by atoms with E-state index < -0.39 is 11.9 Å². The van der Waals surface area contributed by atoms with Gasteiger partial charge in [0.15, 0.2) is 11.6 Å². The molecule has 0 spiro atoms. The van der Waals surface area contributed by atoms with E-state index in [1.807, 2.05) is 6.92 Å². The molecule has 0 aliphatic rings. The van der Waals surface area contributed by atoms with Gasteiger partial charge in [0.05, 0.1) is 18.0 Å². The van der Waals surface area contributed by atoms with Gasteiger partial charge in [-0.1, -0.05) is 6.07 Å². The van der Waals surface area contributed by atoms with E-state index in [4.69, 9.17) is 4.74 Å². The Hall–Kier alpha value is -1.94. The van der Waals surface area contributed by atoms with Crippen molar-refractivity contribution < 1.29 is 14.2 Å². The molecule has 1 heterocycles. The fraction of sp³-hybridized carbons (Fsp3) is 0.214. The summed E-state index contributed by atoms with van der Waals surface area (Å²) in [6.07, 6.45) is 0.832. The maximum absolute atomic E-state index is 13.5. The van der Waals surface area contributed by atoms with Crippen LogP contribution in [0.5, 0.6) is 11.5 Å². The Morgan fingerprint density at radius 3 is 2.67 bits per heavy atom. The monoisotopic (exact) mass is 247 g/mol. The van der Waals surface area contributed by atoms with Gasteiger partial charge in [0.1, 0.15) is 5.75 Å². The number of aliphatic hydroxyl groups is 1. The predicted octanol–water partition coefficient (Wildman–Crippen LogP) is 3.37. The molecule has 1 N–H and O–H groups in total. The Kier molecular flexibility index (Phi) is 3.58. The number of aryl methyl sites for hydroxylation is 1. The minimum atomic E-state index is -0.630. The average Bonchev–Trinajstić information content (AvgIpc) is 2.34. The number of aliphatic hydroxyl groups excluding tert-OH is 1. The molecule has 0 radical (unpaired) electrons. The summed E-state index contributed by atoms with van der Waals surface area (Å²) in [6, 6.07) is 7.96. The van der Waals surface area contributed by atoms with Crippen LogP contribution in [0.3, 0.4) is 0 Å². The lowest BCUT2D eigenvalue weighted by molar-refractivity contribution is 0.194. The van der Waals surface area contributed by atoms with Crippen LogP contribution < -0.4 is 4.74 Å². The van der Waals surface area contributed by atoms with E-state index in [2.05, 4.69) is 4.98 Å². The molecule has 0 unspecified atom stereocenters. The average molecular weight is 247 g/mol. The molecule has 2 aromatic rings. The number of rotatable bonds is 3. The van der Waals surface area contributed by atoms with Crippen LogP contribution in [0.2, 0.25) is 0 Å². The Morgan fingerprint density at radius 2 is 2.06 bits per heavy atom. The molecule has 94 valence electrons. The number of ether oxygens (including phenoxy) is 1. The molecule has 3 nitrogen and oxygen atoms in total. The number of hydrogen-bond acceptors (Lipinski definition) is 3. The Bertz CT molecular complexity index is 538. The molecular weight excluding hydrogens is 233 g/mol. The molecule has 0 bridgehead atoms. The van der Waals surface area contributed by atoms with E-state index in [9.17, 15) is 9.50 Å². The number of nitrogens with zero attached hydrogens (tertiary/aromatic N) is 1. The minimum absolute atomic E-state index is 0.168. The first-order chi connectivity index (χ1) is 8.56. The highest BCUT2D eigenvalue weighted by Crippen LogP contribution is 2.25. The van der Waals surface area contributed by atoms with Crippen LogP contribution in [0, 0.1) is 12.7 Å². The fourth-order valence-electron chi connectivity index (χ4n) is 1.51. The third-order valence-electron chi connectivity index (χ3n) is 2.50. The summed E-state index contributed by atoms with van der Waals surface area (Å²) in [5.74, 6) is 0.186. The highest BCUT2D eigenvalue weighted by molar-refractivity contribution is 5.34. The normalized spacial score (nSPS) is 12.2. The molecule has 1 aromatic heterocycles. The first-order valence-electron chi connectivity index (χ1n) is 5.64. The van der Waals surface area contributed by atoms with E-state index in [0.717, 1.165) is 5.56 Å². The van der Waals surface area contributed by atoms with Crippen molar-refractivity contribution in [2.75, 3.05) is 0 Å². The van der Waals surface area contributed by atoms with Gasteiger partial charge in [-0.05, 0) is 43.7 Å². The number of halogens is 1. The molecule has 2 rings (SSSR count). The summed E-state index contributed by atoms with van der Waals surface area (Å²) < 4.78 is 18.9. The van der Waals surface area contributed by atoms with Gasteiger partial charge >= 0.3 is 0 Å². The summed E-state index contributed by atoms with van der Waals surface area (Å²) in [5, 5.41) is 9.32. The lowest BCUT2D eigenvalue weighted by Gasteiger charge is -2.08. The molecule has 1 aromatic carbocycles. The second kappa shape index (κ2) is 5.14. The van der Waals surface area contributed by atoms with Crippen LogP contribution in [0.25, 0.3) is 0 Å². The topological polar surface area (TPSA) is 42.4 Å². The van der Waals surface area contributed by atoms with Crippen LogP contribution in [0.1, 0.15) is 24.3 Å². The van der Waals surface area contributed by atoms with Crippen molar-refractivity contribution in [1.29, 1.82) is 0 Å². The van der Waals surface area contributed by atoms with Crippen molar-refractivity contribution in [3.05, 3.63) is 53.6 Å². The zero-order chi connectivity index (χ0) is 13.1. The molecule has 18 heavy (non-hydrogen) atoms. The second-order valence-corrected chi connectivity index (χ2v) is 4.13. The Balaban J connectivity index is 2.21. The maximum atomic E-state index is 13.5. The first kappa shape index (κ1) is 12.5. The van der Waals surface area contributed by atoms with Crippen molar-refractivity contribution in [2.45, 2.75) is 20.0 Å². The molecule has 0 fully saturated rings. The maximum Gasteiger partial charge on any atom is 0.165 e. The van der Waals surface area contributed by atoms with Gasteiger partial charge in [-0.15, -0.1) is 0 Å². The Morgan fingerprint density at radius 1 is 1.28 bits per heavy atom. The van der Waals surface area contributed by atoms with Gasteiger partial charge in [-0.25, -0.2) is 4.39 Å². The SMILES string of the molecule is Cc1ccc(F)c(Oc2ccc([C@@H](C)O)nc2)c1. The van der Waals surface area contributed by atoms with Crippen LogP contribution in [-0.2, 0) is 0 Å². The molecule has 0 saturated heterocycles. The van der Waals surface area contributed by atoms with Gasteiger partial charge in [-0.3, -0.25) is 4.98 Å². The third-order valence-corrected chi connectivity index (χ3v) is 2.50. The summed E-state index contributed by atoms with van der Waals surface area (Å²) in [6.45, 7) is 3.49. The van der Waals surface area contributed by atoms with Gasteiger partial charge in [-0.2, -0.15) is 0 Å². The fourth-order valence-corrected chi connectivity index (χ4v) is 1.51. The van der Waals surface area contributed by atoms with Crippen molar-refractivity contribution >= 4 is 0 Å². The predicted molar refractivity (Wildman–Crippen MR) is 66.1 cm³/mol. The highest BCUT2D eigenvalue weighted by atomic mass is 19.1. The molecule has 0 amide bonds. The standard InChI is InChI=1S/C14H14FNO2/c1-9-3-5-12(15)14(7-9)18-11-4-6-13(10(2)17)16-8-11/h3-8,10,17H,1-2H3/t10-/m1/s1. The van der Waals surface area contributed by atoms with Crippen LogP contribution in [0.4, 0.5) is 4.39 Å². The van der Waals surface area contributed by atoms with Crippen molar-refractivity contribution in [3.8, 4) is 11.5 Å². The lowest BCUT2D eigenvalue weighted by Crippen LogP contribution is -1.95. The number of hydrogen-bond donors (Lipinski definition) is 1.